The summed E-state index contributed by atoms with van der Waals surface area (Å²) >= 11 is 5.38. The molecule has 30 heavy (non-hydrogen) atoms. The topological polar surface area (TPSA) is 75.8 Å². The Morgan fingerprint density at radius 1 is 1.23 bits per heavy atom. The van der Waals surface area contributed by atoms with Crippen LogP contribution in [0, 0.1) is 10.8 Å². The average molecular weight is 434 g/mol. The van der Waals surface area contributed by atoms with Gasteiger partial charge in [-0.2, -0.15) is 0 Å². The van der Waals surface area contributed by atoms with E-state index >= 15 is 0 Å². The molecule has 1 aliphatic heterocycles. The van der Waals surface area contributed by atoms with Crippen LogP contribution in [0.3, 0.4) is 0 Å². The molecule has 0 radical (unpaired) electrons. The van der Waals surface area contributed by atoms with Gasteiger partial charge in [-0.1, -0.05) is 26.0 Å². The van der Waals surface area contributed by atoms with Crippen molar-refractivity contribution < 1.29 is 13.9 Å². The molecule has 164 valence electrons. The number of amides is 1. The molecule has 0 spiro atoms. The Hall–Kier alpha value is -2.23. The highest BCUT2D eigenvalue weighted by Crippen LogP contribution is 2.28. The number of para-hydroxylation sites is 1. The molecule has 0 atom stereocenters. The van der Waals surface area contributed by atoms with Gasteiger partial charge in [0, 0.05) is 32.7 Å². The molecule has 8 nitrogen and oxygen atoms in total. The second kappa shape index (κ2) is 10.7. The summed E-state index contributed by atoms with van der Waals surface area (Å²) in [5.41, 5.74) is 0.793. The molecule has 2 heterocycles. The monoisotopic (exact) mass is 433 g/mol. The first-order valence-corrected chi connectivity index (χ1v) is 10.9. The van der Waals surface area contributed by atoms with Gasteiger partial charge in [-0.25, -0.2) is 4.68 Å². The maximum Gasteiger partial charge on any atom is 0.288 e. The van der Waals surface area contributed by atoms with Gasteiger partial charge in [-0.15, -0.1) is 5.10 Å². The van der Waals surface area contributed by atoms with Gasteiger partial charge in [0.05, 0.1) is 25.4 Å². The van der Waals surface area contributed by atoms with Gasteiger partial charge in [0.25, 0.3) is 10.7 Å². The quantitative estimate of drug-likeness (QED) is 0.609. The second-order valence-corrected chi connectivity index (χ2v) is 8.18. The van der Waals surface area contributed by atoms with Gasteiger partial charge < -0.3 is 14.5 Å². The SMILES string of the molecule is CCOc1ccccc1-c1nn(CN2CCN(CC(=O)NCC(C)C)CC2)c(=S)o1. The fourth-order valence-corrected chi connectivity index (χ4v) is 3.46. The first-order chi connectivity index (χ1) is 14.5. The number of carbonyl (C=O) groups is 1. The third kappa shape index (κ3) is 6.13. The molecule has 1 aromatic heterocycles. The lowest BCUT2D eigenvalue weighted by atomic mass is 10.2. The highest BCUT2D eigenvalue weighted by Gasteiger charge is 2.21. The molecule has 0 bridgehead atoms. The van der Waals surface area contributed by atoms with Gasteiger partial charge in [-0.05, 0) is 37.2 Å². The van der Waals surface area contributed by atoms with E-state index in [-0.39, 0.29) is 5.91 Å². The summed E-state index contributed by atoms with van der Waals surface area (Å²) in [6, 6.07) is 7.65. The van der Waals surface area contributed by atoms with Gasteiger partial charge >= 0.3 is 0 Å². The maximum atomic E-state index is 12.0. The molecule has 0 saturated carbocycles. The molecule has 0 unspecified atom stereocenters. The summed E-state index contributed by atoms with van der Waals surface area (Å²) in [6.45, 7) is 11.8. The van der Waals surface area contributed by atoms with E-state index in [1.807, 2.05) is 31.2 Å². The predicted octanol–water partition coefficient (Wildman–Crippen LogP) is 2.62. The van der Waals surface area contributed by atoms with E-state index in [0.717, 1.165) is 44.0 Å². The Kier molecular flexibility index (Phi) is 8.01. The Balaban J connectivity index is 1.55. The summed E-state index contributed by atoms with van der Waals surface area (Å²) in [7, 11) is 0. The number of piperazine rings is 1. The van der Waals surface area contributed by atoms with Crippen LogP contribution in [0.5, 0.6) is 5.75 Å². The molecule has 2 aromatic rings. The highest BCUT2D eigenvalue weighted by molar-refractivity contribution is 7.71. The first-order valence-electron chi connectivity index (χ1n) is 10.5. The summed E-state index contributed by atoms with van der Waals surface area (Å²) in [5.74, 6) is 1.74. The number of rotatable bonds is 9. The standard InChI is InChI=1S/C21H31N5O3S/c1-4-28-18-8-6-5-7-17(18)20-23-26(21(30)29-20)15-25-11-9-24(10-12-25)14-19(27)22-13-16(2)3/h5-8,16H,4,9-15H2,1-3H3,(H,22,27). The minimum atomic E-state index is 0.0912. The van der Waals surface area contributed by atoms with Crippen LogP contribution < -0.4 is 10.1 Å². The zero-order valence-corrected chi connectivity index (χ0v) is 18.8. The Bertz CT molecular complexity index is 887. The normalized spacial score (nSPS) is 15.5. The summed E-state index contributed by atoms with van der Waals surface area (Å²) in [4.78, 5) is 16.8. The molecule has 9 heteroatoms. The average Bonchev–Trinajstić information content (AvgIpc) is 3.09. The lowest BCUT2D eigenvalue weighted by molar-refractivity contribution is -0.122. The van der Waals surface area contributed by atoms with Crippen molar-refractivity contribution in [1.82, 2.24) is 24.9 Å². The lowest BCUT2D eigenvalue weighted by Crippen LogP contribution is -2.50. The second-order valence-electron chi connectivity index (χ2n) is 7.84. The summed E-state index contributed by atoms with van der Waals surface area (Å²) < 4.78 is 13.1. The molecule has 1 fully saturated rings. The van der Waals surface area contributed by atoms with E-state index in [1.54, 1.807) is 4.68 Å². The van der Waals surface area contributed by atoms with Crippen molar-refractivity contribution in [3.8, 4) is 17.2 Å². The van der Waals surface area contributed by atoms with Gasteiger partial charge in [0.2, 0.25) is 5.91 Å². The zero-order valence-electron chi connectivity index (χ0n) is 18.0. The van der Waals surface area contributed by atoms with Crippen LogP contribution in [0.1, 0.15) is 20.8 Å². The Morgan fingerprint density at radius 2 is 1.93 bits per heavy atom. The fraction of sp³-hybridized carbons (Fsp3) is 0.571. The molecule has 0 aliphatic carbocycles. The van der Waals surface area contributed by atoms with Crippen molar-refractivity contribution in [3.63, 3.8) is 0 Å². The number of nitrogens with zero attached hydrogens (tertiary/aromatic N) is 4. The van der Waals surface area contributed by atoms with Crippen molar-refractivity contribution in [3.05, 3.63) is 29.1 Å². The van der Waals surface area contributed by atoms with Crippen LogP contribution in [-0.2, 0) is 11.5 Å². The van der Waals surface area contributed by atoms with Gasteiger partial charge in [-0.3, -0.25) is 14.6 Å². The molecule has 3 rings (SSSR count). The number of benzene rings is 1. The van der Waals surface area contributed by atoms with Crippen molar-refractivity contribution >= 4 is 18.1 Å². The van der Waals surface area contributed by atoms with E-state index in [9.17, 15) is 4.79 Å². The summed E-state index contributed by atoms with van der Waals surface area (Å²) in [6.07, 6.45) is 0. The highest BCUT2D eigenvalue weighted by atomic mass is 32.1. The minimum Gasteiger partial charge on any atom is -0.493 e. The van der Waals surface area contributed by atoms with E-state index in [1.165, 1.54) is 0 Å². The van der Waals surface area contributed by atoms with Crippen molar-refractivity contribution in [1.29, 1.82) is 0 Å². The zero-order chi connectivity index (χ0) is 21.5. The molecule has 1 aliphatic rings. The first kappa shape index (κ1) is 22.5. The van der Waals surface area contributed by atoms with Crippen LogP contribution in [0.15, 0.2) is 28.7 Å². The molecule has 1 N–H and O–H groups in total. The smallest absolute Gasteiger partial charge is 0.288 e. The molecular weight excluding hydrogens is 402 g/mol. The van der Waals surface area contributed by atoms with Crippen molar-refractivity contribution in [2.24, 2.45) is 5.92 Å². The predicted molar refractivity (Wildman–Crippen MR) is 118 cm³/mol. The van der Waals surface area contributed by atoms with E-state index in [0.29, 0.717) is 36.5 Å². The van der Waals surface area contributed by atoms with Crippen LogP contribution >= 0.6 is 12.2 Å². The number of nitrogens with one attached hydrogen (secondary N) is 1. The van der Waals surface area contributed by atoms with E-state index in [2.05, 4.69) is 34.1 Å². The van der Waals surface area contributed by atoms with Crippen LogP contribution in [-0.4, -0.2) is 71.4 Å². The molecule has 1 saturated heterocycles. The van der Waals surface area contributed by atoms with E-state index in [4.69, 9.17) is 21.4 Å². The van der Waals surface area contributed by atoms with Crippen LogP contribution in [0.4, 0.5) is 0 Å². The number of hydrogen-bond donors (Lipinski definition) is 1. The minimum absolute atomic E-state index is 0.0912. The Labute approximate surface area is 182 Å². The van der Waals surface area contributed by atoms with Crippen molar-refractivity contribution in [2.75, 3.05) is 45.9 Å². The van der Waals surface area contributed by atoms with Crippen LogP contribution in [0.25, 0.3) is 11.5 Å². The van der Waals surface area contributed by atoms with Crippen LogP contribution in [0.2, 0.25) is 0 Å². The maximum absolute atomic E-state index is 12.0. The largest absolute Gasteiger partial charge is 0.493 e. The third-order valence-corrected chi connectivity index (χ3v) is 5.19. The number of ether oxygens (including phenoxy) is 1. The van der Waals surface area contributed by atoms with Crippen molar-refractivity contribution in [2.45, 2.75) is 27.4 Å². The molecule has 1 amide bonds. The number of carbonyl (C=O) groups excluding carboxylic acids is 1. The third-order valence-electron chi connectivity index (χ3n) is 4.90. The molecule has 1 aromatic carbocycles. The van der Waals surface area contributed by atoms with E-state index < -0.39 is 0 Å². The summed E-state index contributed by atoms with van der Waals surface area (Å²) in [5, 5.41) is 7.55. The Morgan fingerprint density at radius 3 is 2.63 bits per heavy atom. The lowest BCUT2D eigenvalue weighted by Gasteiger charge is -2.33. The fourth-order valence-electron chi connectivity index (χ4n) is 3.28. The molecular formula is C21H31N5O3S. The number of hydrogen-bond acceptors (Lipinski definition) is 7. The van der Waals surface area contributed by atoms with Gasteiger partial charge in [0.15, 0.2) is 0 Å². The number of aromatic nitrogens is 2. The van der Waals surface area contributed by atoms with Gasteiger partial charge in [0.1, 0.15) is 5.75 Å².